The minimum absolute atomic E-state index is 0.389. The number of rotatable bonds is 3. The van der Waals surface area contributed by atoms with E-state index in [4.69, 9.17) is 11.6 Å². The number of halogens is 1. The highest BCUT2D eigenvalue weighted by Crippen LogP contribution is 2.28. The summed E-state index contributed by atoms with van der Waals surface area (Å²) >= 11 is 6.34. The van der Waals surface area contributed by atoms with Crippen molar-refractivity contribution < 1.29 is 0 Å². The van der Waals surface area contributed by atoms with Crippen LogP contribution >= 0.6 is 11.6 Å². The van der Waals surface area contributed by atoms with Crippen LogP contribution in [-0.4, -0.2) is 40.6 Å². The van der Waals surface area contributed by atoms with Gasteiger partial charge >= 0.3 is 0 Å². The third-order valence-corrected chi connectivity index (χ3v) is 4.90. The second-order valence-corrected chi connectivity index (χ2v) is 6.14. The maximum atomic E-state index is 9.63. The quantitative estimate of drug-likeness (QED) is 0.868. The fourth-order valence-corrected chi connectivity index (χ4v) is 3.24. The molecule has 0 bridgehead atoms. The number of hydrogen-bond donors (Lipinski definition) is 0. The van der Waals surface area contributed by atoms with Crippen LogP contribution in [0.25, 0.3) is 0 Å². The summed E-state index contributed by atoms with van der Waals surface area (Å²) in [6.45, 7) is 5.33. The van der Waals surface area contributed by atoms with Crippen LogP contribution in [0.4, 0.5) is 5.69 Å². The van der Waals surface area contributed by atoms with E-state index in [2.05, 4.69) is 45.1 Å². The van der Waals surface area contributed by atoms with Crippen molar-refractivity contribution in [1.82, 2.24) is 14.5 Å². The van der Waals surface area contributed by atoms with Crippen LogP contribution in [0.5, 0.6) is 0 Å². The molecule has 6 heteroatoms. The maximum Gasteiger partial charge on any atom is 0.144 e. The second kappa shape index (κ2) is 6.61. The lowest BCUT2D eigenvalue weighted by molar-refractivity contribution is 0.219. The number of imidazole rings is 1. The van der Waals surface area contributed by atoms with Crippen LogP contribution in [0.2, 0.25) is 5.15 Å². The molecule has 1 aliphatic rings. The van der Waals surface area contributed by atoms with Crippen LogP contribution in [0.15, 0.2) is 30.3 Å². The molecule has 0 radical (unpaired) electrons. The van der Waals surface area contributed by atoms with Crippen LogP contribution in [0.3, 0.4) is 0 Å². The zero-order valence-corrected chi connectivity index (χ0v) is 14.2. The molecule has 1 fully saturated rings. The van der Waals surface area contributed by atoms with Gasteiger partial charge in [0, 0.05) is 38.9 Å². The van der Waals surface area contributed by atoms with E-state index in [1.165, 1.54) is 5.69 Å². The number of aryl methyl sites for hydroxylation is 1. The average molecular weight is 330 g/mol. The summed E-state index contributed by atoms with van der Waals surface area (Å²) < 4.78 is 1.82. The van der Waals surface area contributed by atoms with E-state index < -0.39 is 0 Å². The Morgan fingerprint density at radius 1 is 1.17 bits per heavy atom. The molecule has 3 rings (SSSR count). The summed E-state index contributed by atoms with van der Waals surface area (Å²) in [6.07, 6.45) is 0. The molecular formula is C17H20ClN5. The average Bonchev–Trinajstić information content (AvgIpc) is 2.85. The summed E-state index contributed by atoms with van der Waals surface area (Å²) in [5.41, 5.74) is 1.90. The van der Waals surface area contributed by atoms with E-state index in [0.29, 0.717) is 10.8 Å². The van der Waals surface area contributed by atoms with Gasteiger partial charge in [0.2, 0.25) is 0 Å². The van der Waals surface area contributed by atoms with Crippen molar-refractivity contribution in [2.45, 2.75) is 13.0 Å². The van der Waals surface area contributed by atoms with E-state index in [0.717, 1.165) is 32.0 Å². The van der Waals surface area contributed by atoms with E-state index in [1.54, 1.807) is 0 Å². The van der Waals surface area contributed by atoms with Crippen LogP contribution in [0, 0.1) is 18.3 Å². The molecule has 2 aromatic rings. The lowest BCUT2D eigenvalue weighted by atomic mass is 10.1. The number of aromatic nitrogens is 2. The van der Waals surface area contributed by atoms with Crippen molar-refractivity contribution in [2.24, 2.45) is 7.05 Å². The summed E-state index contributed by atoms with van der Waals surface area (Å²) in [4.78, 5) is 8.99. The zero-order valence-electron chi connectivity index (χ0n) is 13.4. The van der Waals surface area contributed by atoms with E-state index in [1.807, 2.05) is 24.6 Å². The van der Waals surface area contributed by atoms with Gasteiger partial charge in [-0.2, -0.15) is 5.26 Å². The van der Waals surface area contributed by atoms with E-state index >= 15 is 0 Å². The fourth-order valence-electron chi connectivity index (χ4n) is 2.98. The fraction of sp³-hybridized carbons (Fsp3) is 0.412. The van der Waals surface area contributed by atoms with Gasteiger partial charge < -0.3 is 9.47 Å². The van der Waals surface area contributed by atoms with Crippen molar-refractivity contribution >= 4 is 17.3 Å². The molecule has 0 spiro atoms. The third-order valence-electron chi connectivity index (χ3n) is 4.46. The molecule has 0 N–H and O–H groups in total. The normalized spacial score (nSPS) is 17.0. The Labute approximate surface area is 141 Å². The highest BCUT2D eigenvalue weighted by atomic mass is 35.5. The van der Waals surface area contributed by atoms with Crippen molar-refractivity contribution in [3.63, 3.8) is 0 Å². The van der Waals surface area contributed by atoms with Gasteiger partial charge in [-0.25, -0.2) is 4.98 Å². The largest absolute Gasteiger partial charge is 0.369 e. The van der Waals surface area contributed by atoms with Gasteiger partial charge in [-0.1, -0.05) is 29.8 Å². The first-order valence-electron chi connectivity index (χ1n) is 7.74. The van der Waals surface area contributed by atoms with E-state index in [-0.39, 0.29) is 6.04 Å². The monoisotopic (exact) mass is 329 g/mol. The molecular weight excluding hydrogens is 310 g/mol. The van der Waals surface area contributed by atoms with Gasteiger partial charge in [0.25, 0.3) is 0 Å². The summed E-state index contributed by atoms with van der Waals surface area (Å²) in [6, 6.07) is 12.4. The molecule has 23 heavy (non-hydrogen) atoms. The van der Waals surface area contributed by atoms with Gasteiger partial charge in [-0.05, 0) is 19.1 Å². The first-order valence-corrected chi connectivity index (χ1v) is 8.12. The minimum Gasteiger partial charge on any atom is -0.369 e. The minimum atomic E-state index is -0.389. The highest BCUT2D eigenvalue weighted by molar-refractivity contribution is 6.30. The lowest BCUT2D eigenvalue weighted by Crippen LogP contribution is -2.47. The molecule has 2 heterocycles. The summed E-state index contributed by atoms with van der Waals surface area (Å²) in [5, 5.41) is 10.2. The van der Waals surface area contributed by atoms with Crippen LogP contribution in [0.1, 0.15) is 17.6 Å². The predicted molar refractivity (Wildman–Crippen MR) is 91.5 cm³/mol. The molecule has 1 aromatic carbocycles. The van der Waals surface area contributed by atoms with Crippen molar-refractivity contribution in [2.75, 3.05) is 31.1 Å². The number of benzene rings is 1. The zero-order chi connectivity index (χ0) is 16.4. The first-order chi connectivity index (χ1) is 11.1. The molecule has 0 amide bonds. The number of para-hydroxylation sites is 1. The number of nitrogens with zero attached hydrogens (tertiary/aromatic N) is 5. The Morgan fingerprint density at radius 2 is 1.83 bits per heavy atom. The Balaban J connectivity index is 1.73. The van der Waals surface area contributed by atoms with Crippen molar-refractivity contribution in [3.8, 4) is 6.07 Å². The van der Waals surface area contributed by atoms with Crippen LogP contribution < -0.4 is 4.90 Å². The molecule has 5 nitrogen and oxygen atoms in total. The second-order valence-electron chi connectivity index (χ2n) is 5.78. The molecule has 1 saturated heterocycles. The first kappa shape index (κ1) is 15.9. The van der Waals surface area contributed by atoms with Gasteiger partial charge in [0.05, 0.1) is 6.07 Å². The number of nitriles is 1. The summed E-state index contributed by atoms with van der Waals surface area (Å²) in [7, 11) is 1.87. The third kappa shape index (κ3) is 3.05. The molecule has 1 unspecified atom stereocenters. The van der Waals surface area contributed by atoms with Gasteiger partial charge in [-0.3, -0.25) is 4.90 Å². The Bertz CT molecular complexity index is 711. The molecule has 1 aliphatic heterocycles. The smallest absolute Gasteiger partial charge is 0.144 e. The Hall–Kier alpha value is -2.03. The standard InChI is InChI=1S/C17H20ClN5/c1-13-20-16(17(18)21(13)2)15(12-19)23-10-8-22(9-11-23)14-6-4-3-5-7-14/h3-7,15H,8-11H2,1-2H3. The molecule has 0 aliphatic carbocycles. The molecule has 1 aromatic heterocycles. The van der Waals surface area contributed by atoms with Gasteiger partial charge in [0.1, 0.15) is 22.7 Å². The Morgan fingerprint density at radius 3 is 2.35 bits per heavy atom. The number of anilines is 1. The van der Waals surface area contributed by atoms with Crippen molar-refractivity contribution in [3.05, 3.63) is 47.0 Å². The summed E-state index contributed by atoms with van der Waals surface area (Å²) in [5.74, 6) is 0.827. The predicted octanol–water partition coefficient (Wildman–Crippen LogP) is 2.77. The molecule has 1 atom stereocenters. The van der Waals surface area contributed by atoms with Gasteiger partial charge in [0.15, 0.2) is 0 Å². The van der Waals surface area contributed by atoms with E-state index in [9.17, 15) is 5.26 Å². The Kier molecular flexibility index (Phi) is 4.56. The number of hydrogen-bond acceptors (Lipinski definition) is 4. The highest BCUT2D eigenvalue weighted by Gasteiger charge is 2.29. The SMILES string of the molecule is Cc1nc(C(C#N)N2CCN(c3ccccc3)CC2)c(Cl)n1C. The van der Waals surface area contributed by atoms with Crippen molar-refractivity contribution in [1.29, 1.82) is 5.26 Å². The molecule has 0 saturated carbocycles. The van der Waals surface area contributed by atoms with Crippen LogP contribution in [-0.2, 0) is 7.05 Å². The molecule has 120 valence electrons. The topological polar surface area (TPSA) is 48.1 Å². The van der Waals surface area contributed by atoms with Gasteiger partial charge in [-0.15, -0.1) is 0 Å². The lowest BCUT2D eigenvalue weighted by Gasteiger charge is -2.37. The maximum absolute atomic E-state index is 9.63. The number of piperazine rings is 1.